The molecule has 0 saturated carbocycles. The van der Waals surface area contributed by atoms with E-state index in [9.17, 15) is 9.90 Å². The van der Waals surface area contributed by atoms with Crippen molar-refractivity contribution in [2.75, 3.05) is 6.61 Å². The number of H-pyrrole nitrogens is 1. The van der Waals surface area contributed by atoms with Gasteiger partial charge in [-0.2, -0.15) is 10.2 Å². The number of furan rings is 1. The summed E-state index contributed by atoms with van der Waals surface area (Å²) in [6.07, 6.45) is 2.98. The minimum atomic E-state index is -0.439. The number of phenolic OH excluding ortho intramolecular Hbond substituents is 1. The second kappa shape index (κ2) is 7.35. The maximum absolute atomic E-state index is 12.0. The fourth-order valence-electron chi connectivity index (χ4n) is 2.10. The minimum Gasteiger partial charge on any atom is -0.504 e. The van der Waals surface area contributed by atoms with Gasteiger partial charge in [0.1, 0.15) is 11.4 Å². The van der Waals surface area contributed by atoms with Gasteiger partial charge in [0.25, 0.3) is 5.91 Å². The summed E-state index contributed by atoms with van der Waals surface area (Å²) in [6.45, 7) is 2.25. The largest absolute Gasteiger partial charge is 0.504 e. The first-order valence-electron chi connectivity index (χ1n) is 7.56. The Morgan fingerprint density at radius 2 is 2.32 bits per heavy atom. The molecule has 3 aromatic rings. The molecule has 2 aromatic heterocycles. The summed E-state index contributed by atoms with van der Waals surface area (Å²) in [5.41, 5.74) is 3.85. The van der Waals surface area contributed by atoms with Crippen molar-refractivity contribution in [3.8, 4) is 23.0 Å². The van der Waals surface area contributed by atoms with Gasteiger partial charge in [0.2, 0.25) is 0 Å². The van der Waals surface area contributed by atoms with Gasteiger partial charge < -0.3 is 14.3 Å². The van der Waals surface area contributed by atoms with Crippen LogP contribution in [0.5, 0.6) is 11.5 Å². The van der Waals surface area contributed by atoms with Crippen LogP contribution in [-0.2, 0) is 0 Å². The third-order valence-electron chi connectivity index (χ3n) is 3.26. The van der Waals surface area contributed by atoms with Crippen molar-refractivity contribution in [3.05, 3.63) is 53.9 Å². The second-order valence-electron chi connectivity index (χ2n) is 5.00. The summed E-state index contributed by atoms with van der Waals surface area (Å²) >= 11 is 0. The second-order valence-corrected chi connectivity index (χ2v) is 5.00. The van der Waals surface area contributed by atoms with E-state index < -0.39 is 5.91 Å². The number of nitrogens with zero attached hydrogens (tertiary/aromatic N) is 2. The molecule has 0 bridgehead atoms. The normalized spacial score (nSPS) is 10.9. The Hall–Kier alpha value is -3.55. The molecule has 8 nitrogen and oxygen atoms in total. The molecule has 1 amide bonds. The molecule has 0 aliphatic heterocycles. The number of hydrazone groups is 1. The van der Waals surface area contributed by atoms with Crippen molar-refractivity contribution < 1.29 is 19.1 Å². The molecular weight excluding hydrogens is 324 g/mol. The Kier molecular flexibility index (Phi) is 4.79. The number of amides is 1. The molecule has 0 radical (unpaired) electrons. The molecule has 1 aromatic carbocycles. The minimum absolute atomic E-state index is 0.0472. The van der Waals surface area contributed by atoms with E-state index >= 15 is 0 Å². The smallest absolute Gasteiger partial charge is 0.289 e. The number of ether oxygens (including phenoxy) is 1. The molecule has 0 fully saturated rings. The molecule has 128 valence electrons. The van der Waals surface area contributed by atoms with Gasteiger partial charge in [0.05, 0.1) is 19.1 Å². The number of hydrogen-bond donors (Lipinski definition) is 3. The molecule has 0 aliphatic rings. The number of aromatic nitrogens is 2. The first-order chi connectivity index (χ1) is 12.2. The van der Waals surface area contributed by atoms with E-state index in [1.54, 1.807) is 30.3 Å². The van der Waals surface area contributed by atoms with E-state index in [4.69, 9.17) is 9.15 Å². The highest BCUT2D eigenvalue weighted by molar-refractivity contribution is 5.94. The van der Waals surface area contributed by atoms with Gasteiger partial charge in [-0.05, 0) is 42.8 Å². The maximum atomic E-state index is 12.0. The predicted molar refractivity (Wildman–Crippen MR) is 90.6 cm³/mol. The lowest BCUT2D eigenvalue weighted by molar-refractivity contribution is 0.0950. The van der Waals surface area contributed by atoms with E-state index in [0.717, 1.165) is 0 Å². The number of benzene rings is 1. The van der Waals surface area contributed by atoms with Crippen molar-refractivity contribution in [1.29, 1.82) is 0 Å². The van der Waals surface area contributed by atoms with Crippen LogP contribution in [0.1, 0.15) is 23.0 Å². The summed E-state index contributed by atoms with van der Waals surface area (Å²) in [5, 5.41) is 20.2. The van der Waals surface area contributed by atoms with Gasteiger partial charge >= 0.3 is 0 Å². The molecule has 8 heteroatoms. The van der Waals surface area contributed by atoms with Gasteiger partial charge in [0.15, 0.2) is 17.3 Å². The lowest BCUT2D eigenvalue weighted by Crippen LogP contribution is -2.18. The highest BCUT2D eigenvalue weighted by Gasteiger charge is 2.11. The standard InChI is InChI=1S/C17H16N4O4/c1-2-24-16-8-11(5-6-14(16)22)10-18-21-17(23)13-9-12(19-20-13)15-4-3-7-25-15/h3-10,22H,2H2,1H3,(H,19,20)(H,21,23)/b18-10+. The predicted octanol–water partition coefficient (Wildman–Crippen LogP) is 2.54. The van der Waals surface area contributed by atoms with Crippen LogP contribution in [-0.4, -0.2) is 34.0 Å². The molecule has 3 rings (SSSR count). The molecule has 0 saturated heterocycles. The number of rotatable bonds is 6. The van der Waals surface area contributed by atoms with Crippen LogP contribution >= 0.6 is 0 Å². The number of carbonyl (C=O) groups excluding carboxylic acids is 1. The van der Waals surface area contributed by atoms with Gasteiger partial charge in [0, 0.05) is 6.07 Å². The van der Waals surface area contributed by atoms with E-state index in [1.807, 2.05) is 6.92 Å². The Labute approximate surface area is 143 Å². The van der Waals surface area contributed by atoms with Crippen LogP contribution in [0.2, 0.25) is 0 Å². The molecule has 25 heavy (non-hydrogen) atoms. The molecular formula is C17H16N4O4. The van der Waals surface area contributed by atoms with E-state index in [1.165, 1.54) is 18.5 Å². The number of carbonyl (C=O) groups is 1. The van der Waals surface area contributed by atoms with Gasteiger partial charge in [-0.3, -0.25) is 9.89 Å². The Morgan fingerprint density at radius 3 is 3.08 bits per heavy atom. The Bertz CT molecular complexity index is 884. The number of aromatic amines is 1. The summed E-state index contributed by atoms with van der Waals surface area (Å²) in [7, 11) is 0. The first-order valence-corrected chi connectivity index (χ1v) is 7.56. The van der Waals surface area contributed by atoms with Crippen LogP contribution in [0, 0.1) is 0 Å². The number of nitrogens with one attached hydrogen (secondary N) is 2. The lowest BCUT2D eigenvalue weighted by atomic mass is 10.2. The van der Waals surface area contributed by atoms with Crippen LogP contribution in [0.3, 0.4) is 0 Å². The zero-order chi connectivity index (χ0) is 17.6. The fourth-order valence-corrected chi connectivity index (χ4v) is 2.10. The monoisotopic (exact) mass is 340 g/mol. The highest BCUT2D eigenvalue weighted by Crippen LogP contribution is 2.26. The van der Waals surface area contributed by atoms with Crippen molar-refractivity contribution in [2.45, 2.75) is 6.92 Å². The SMILES string of the molecule is CCOc1cc(/C=N/NC(=O)c2cc(-c3ccco3)n[nH]2)ccc1O. The van der Waals surface area contributed by atoms with Crippen LogP contribution in [0.4, 0.5) is 0 Å². The average Bonchev–Trinajstić information content (AvgIpc) is 3.29. The van der Waals surface area contributed by atoms with Crippen LogP contribution in [0.25, 0.3) is 11.5 Å². The zero-order valence-electron chi connectivity index (χ0n) is 13.4. The van der Waals surface area contributed by atoms with Crippen molar-refractivity contribution in [2.24, 2.45) is 5.10 Å². The summed E-state index contributed by atoms with van der Waals surface area (Å²) in [4.78, 5) is 12.0. The molecule has 0 aliphatic carbocycles. The third-order valence-corrected chi connectivity index (χ3v) is 3.26. The Balaban J connectivity index is 1.64. The fraction of sp³-hybridized carbons (Fsp3) is 0.118. The average molecular weight is 340 g/mol. The Morgan fingerprint density at radius 1 is 1.44 bits per heavy atom. The molecule has 2 heterocycles. The van der Waals surface area contributed by atoms with E-state index in [-0.39, 0.29) is 11.4 Å². The third kappa shape index (κ3) is 3.86. The number of aromatic hydroxyl groups is 1. The molecule has 3 N–H and O–H groups in total. The molecule has 0 unspecified atom stereocenters. The summed E-state index contributed by atoms with van der Waals surface area (Å²) in [6, 6.07) is 9.83. The highest BCUT2D eigenvalue weighted by atomic mass is 16.5. The molecule has 0 spiro atoms. The van der Waals surface area contributed by atoms with Crippen LogP contribution in [0.15, 0.2) is 52.2 Å². The van der Waals surface area contributed by atoms with E-state index in [0.29, 0.717) is 29.4 Å². The van der Waals surface area contributed by atoms with Gasteiger partial charge in [-0.25, -0.2) is 5.43 Å². The summed E-state index contributed by atoms with van der Waals surface area (Å²) in [5.74, 6) is 0.525. The van der Waals surface area contributed by atoms with Crippen molar-refractivity contribution >= 4 is 12.1 Å². The topological polar surface area (TPSA) is 113 Å². The van der Waals surface area contributed by atoms with Gasteiger partial charge in [-0.15, -0.1) is 0 Å². The summed E-state index contributed by atoms with van der Waals surface area (Å²) < 4.78 is 10.5. The number of phenols is 1. The number of hydrogen-bond acceptors (Lipinski definition) is 6. The molecule has 0 atom stereocenters. The van der Waals surface area contributed by atoms with Crippen LogP contribution < -0.4 is 10.2 Å². The van der Waals surface area contributed by atoms with Crippen molar-refractivity contribution in [1.82, 2.24) is 15.6 Å². The quantitative estimate of drug-likeness (QED) is 0.471. The van der Waals surface area contributed by atoms with Crippen molar-refractivity contribution in [3.63, 3.8) is 0 Å². The van der Waals surface area contributed by atoms with E-state index in [2.05, 4.69) is 20.7 Å². The lowest BCUT2D eigenvalue weighted by Gasteiger charge is -2.05. The zero-order valence-corrected chi connectivity index (χ0v) is 13.4. The maximum Gasteiger partial charge on any atom is 0.289 e. The van der Waals surface area contributed by atoms with Gasteiger partial charge in [-0.1, -0.05) is 0 Å². The first kappa shape index (κ1) is 16.3.